The van der Waals surface area contributed by atoms with Crippen molar-refractivity contribution in [2.75, 3.05) is 13.2 Å². The van der Waals surface area contributed by atoms with Gasteiger partial charge in [-0.25, -0.2) is 0 Å². The van der Waals surface area contributed by atoms with Gasteiger partial charge in [0.2, 0.25) is 0 Å². The molecule has 2 nitrogen and oxygen atoms in total. The summed E-state index contributed by atoms with van der Waals surface area (Å²) in [5.74, 6) is 0. The maximum absolute atomic E-state index is 6.04. The Morgan fingerprint density at radius 2 is 2.36 bits per heavy atom. The average molecular weight is 278 g/mol. The molecule has 0 saturated carbocycles. The molecule has 1 rings (SSSR count). The topological polar surface area (TPSA) is 35.2 Å². The van der Waals surface area contributed by atoms with Gasteiger partial charge in [0.05, 0.1) is 0 Å². The standard InChI is InChI=1S/C10H16BrNOS/c1-2-13-5-3-4-10(12)8-6-14-7-9(8)11/h6-7,10H,2-5,12H2,1H3. The lowest BCUT2D eigenvalue weighted by molar-refractivity contribution is 0.142. The number of nitrogens with two attached hydrogens (primary N) is 1. The lowest BCUT2D eigenvalue weighted by Gasteiger charge is -2.10. The van der Waals surface area contributed by atoms with E-state index in [-0.39, 0.29) is 6.04 Å². The molecule has 2 N–H and O–H groups in total. The summed E-state index contributed by atoms with van der Waals surface area (Å²) in [5, 5.41) is 4.17. The van der Waals surface area contributed by atoms with Crippen molar-refractivity contribution >= 4 is 27.3 Å². The Balaban J connectivity index is 2.28. The average Bonchev–Trinajstić information content (AvgIpc) is 2.59. The van der Waals surface area contributed by atoms with Crippen LogP contribution in [-0.4, -0.2) is 13.2 Å². The van der Waals surface area contributed by atoms with Gasteiger partial charge in [0.25, 0.3) is 0 Å². The number of hydrogen-bond acceptors (Lipinski definition) is 3. The van der Waals surface area contributed by atoms with E-state index in [4.69, 9.17) is 10.5 Å². The van der Waals surface area contributed by atoms with Crippen molar-refractivity contribution in [1.29, 1.82) is 0 Å². The molecule has 0 spiro atoms. The maximum Gasteiger partial charge on any atom is 0.0466 e. The molecule has 0 aromatic carbocycles. The van der Waals surface area contributed by atoms with Crippen molar-refractivity contribution in [2.45, 2.75) is 25.8 Å². The zero-order valence-corrected chi connectivity index (χ0v) is 10.7. The van der Waals surface area contributed by atoms with E-state index in [1.807, 2.05) is 6.92 Å². The number of hydrogen-bond donors (Lipinski definition) is 1. The van der Waals surface area contributed by atoms with Gasteiger partial charge in [-0.2, -0.15) is 11.3 Å². The molecule has 0 radical (unpaired) electrons. The summed E-state index contributed by atoms with van der Waals surface area (Å²) in [5.41, 5.74) is 7.26. The quantitative estimate of drug-likeness (QED) is 0.810. The minimum Gasteiger partial charge on any atom is -0.382 e. The molecule has 1 aromatic rings. The zero-order chi connectivity index (χ0) is 10.4. The second kappa shape index (κ2) is 6.56. The molecule has 14 heavy (non-hydrogen) atoms. The Morgan fingerprint density at radius 3 is 2.93 bits per heavy atom. The van der Waals surface area contributed by atoms with Crippen LogP contribution in [0.1, 0.15) is 31.4 Å². The summed E-state index contributed by atoms with van der Waals surface area (Å²) in [4.78, 5) is 0. The smallest absolute Gasteiger partial charge is 0.0466 e. The van der Waals surface area contributed by atoms with Crippen LogP contribution >= 0.6 is 27.3 Å². The van der Waals surface area contributed by atoms with Gasteiger partial charge in [-0.3, -0.25) is 0 Å². The van der Waals surface area contributed by atoms with Gasteiger partial charge in [-0.15, -0.1) is 0 Å². The lowest BCUT2D eigenvalue weighted by Crippen LogP contribution is -2.10. The van der Waals surface area contributed by atoms with Crippen molar-refractivity contribution in [2.24, 2.45) is 5.73 Å². The molecule has 0 saturated heterocycles. The SMILES string of the molecule is CCOCCCC(N)c1cscc1Br. The van der Waals surface area contributed by atoms with Crippen molar-refractivity contribution < 1.29 is 4.74 Å². The normalized spacial score (nSPS) is 13.1. The van der Waals surface area contributed by atoms with Gasteiger partial charge in [0.1, 0.15) is 0 Å². The third-order valence-electron chi connectivity index (χ3n) is 2.05. The number of ether oxygens (including phenoxy) is 1. The fourth-order valence-corrected chi connectivity index (χ4v) is 2.92. The molecular weight excluding hydrogens is 262 g/mol. The van der Waals surface area contributed by atoms with Gasteiger partial charge in [0, 0.05) is 29.1 Å². The molecule has 1 aromatic heterocycles. The Kier molecular flexibility index (Phi) is 5.70. The van der Waals surface area contributed by atoms with E-state index in [1.54, 1.807) is 11.3 Å². The highest BCUT2D eigenvalue weighted by atomic mass is 79.9. The minimum absolute atomic E-state index is 0.135. The first-order valence-corrected chi connectivity index (χ1v) is 6.54. The highest BCUT2D eigenvalue weighted by Crippen LogP contribution is 2.28. The molecule has 0 aliphatic heterocycles. The highest BCUT2D eigenvalue weighted by molar-refractivity contribution is 9.10. The van der Waals surface area contributed by atoms with Crippen LogP contribution in [0.3, 0.4) is 0 Å². The Morgan fingerprint density at radius 1 is 1.57 bits per heavy atom. The van der Waals surface area contributed by atoms with Crippen LogP contribution < -0.4 is 5.73 Å². The van der Waals surface area contributed by atoms with E-state index in [2.05, 4.69) is 26.7 Å². The predicted molar refractivity (Wildman–Crippen MR) is 64.7 cm³/mol. The van der Waals surface area contributed by atoms with E-state index >= 15 is 0 Å². The Bertz CT molecular complexity index is 264. The summed E-state index contributed by atoms with van der Waals surface area (Å²) < 4.78 is 6.40. The lowest BCUT2D eigenvalue weighted by atomic mass is 10.1. The molecule has 0 bridgehead atoms. The molecule has 1 atom stereocenters. The number of halogens is 1. The minimum atomic E-state index is 0.135. The van der Waals surface area contributed by atoms with Gasteiger partial charge in [0.15, 0.2) is 0 Å². The Labute approximate surface area is 97.6 Å². The van der Waals surface area contributed by atoms with Crippen LogP contribution in [-0.2, 0) is 4.74 Å². The van der Waals surface area contributed by atoms with Gasteiger partial charge in [-0.1, -0.05) is 0 Å². The van der Waals surface area contributed by atoms with Crippen LogP contribution in [0, 0.1) is 0 Å². The zero-order valence-electron chi connectivity index (χ0n) is 8.33. The Hall–Kier alpha value is 0.100. The molecular formula is C10H16BrNOS. The predicted octanol–water partition coefficient (Wildman–Crippen LogP) is 3.33. The third kappa shape index (κ3) is 3.69. The summed E-state index contributed by atoms with van der Waals surface area (Å²) in [6.45, 7) is 3.61. The van der Waals surface area contributed by atoms with Crippen LogP contribution in [0.15, 0.2) is 15.2 Å². The maximum atomic E-state index is 6.04. The molecule has 80 valence electrons. The van der Waals surface area contributed by atoms with Crippen LogP contribution in [0.25, 0.3) is 0 Å². The summed E-state index contributed by atoms with van der Waals surface area (Å²) in [6.07, 6.45) is 2.01. The van der Waals surface area contributed by atoms with Crippen molar-refractivity contribution in [3.05, 3.63) is 20.8 Å². The fourth-order valence-electron chi connectivity index (χ4n) is 1.26. The molecule has 1 unspecified atom stereocenters. The molecule has 0 fully saturated rings. The second-order valence-corrected chi connectivity index (χ2v) is 4.72. The largest absolute Gasteiger partial charge is 0.382 e. The van der Waals surface area contributed by atoms with Gasteiger partial charge < -0.3 is 10.5 Å². The van der Waals surface area contributed by atoms with E-state index in [1.165, 1.54) is 5.56 Å². The fraction of sp³-hybridized carbons (Fsp3) is 0.600. The first-order valence-electron chi connectivity index (χ1n) is 4.80. The van der Waals surface area contributed by atoms with Crippen LogP contribution in [0.4, 0.5) is 0 Å². The van der Waals surface area contributed by atoms with Crippen LogP contribution in [0.2, 0.25) is 0 Å². The molecule has 0 aliphatic carbocycles. The van der Waals surface area contributed by atoms with Gasteiger partial charge >= 0.3 is 0 Å². The van der Waals surface area contributed by atoms with Gasteiger partial charge in [-0.05, 0) is 46.6 Å². The van der Waals surface area contributed by atoms with Crippen molar-refractivity contribution in [3.63, 3.8) is 0 Å². The molecule has 1 heterocycles. The van der Waals surface area contributed by atoms with Crippen LogP contribution in [0.5, 0.6) is 0 Å². The van der Waals surface area contributed by atoms with Crippen molar-refractivity contribution in [3.8, 4) is 0 Å². The first kappa shape index (κ1) is 12.2. The van der Waals surface area contributed by atoms with E-state index < -0.39 is 0 Å². The van der Waals surface area contributed by atoms with E-state index in [0.29, 0.717) is 0 Å². The summed E-state index contributed by atoms with van der Waals surface area (Å²) in [6, 6.07) is 0.135. The second-order valence-electron chi connectivity index (χ2n) is 3.12. The summed E-state index contributed by atoms with van der Waals surface area (Å²) >= 11 is 5.17. The summed E-state index contributed by atoms with van der Waals surface area (Å²) in [7, 11) is 0. The number of thiophene rings is 1. The molecule has 0 aliphatic rings. The molecule has 4 heteroatoms. The van der Waals surface area contributed by atoms with E-state index in [9.17, 15) is 0 Å². The number of rotatable bonds is 6. The highest BCUT2D eigenvalue weighted by Gasteiger charge is 2.09. The monoisotopic (exact) mass is 277 g/mol. The first-order chi connectivity index (χ1) is 6.75. The van der Waals surface area contributed by atoms with Crippen molar-refractivity contribution in [1.82, 2.24) is 0 Å². The van der Waals surface area contributed by atoms with E-state index in [0.717, 1.165) is 30.5 Å². The third-order valence-corrected chi connectivity index (χ3v) is 3.80. The molecule has 0 amide bonds.